The van der Waals surface area contributed by atoms with Gasteiger partial charge in [0.1, 0.15) is 17.2 Å². The molecule has 0 bridgehead atoms. The van der Waals surface area contributed by atoms with Crippen molar-refractivity contribution in [2.45, 2.75) is 12.8 Å². The Labute approximate surface area is 150 Å². The number of nitrogens with one attached hydrogen (secondary N) is 1. The normalized spacial score (nSPS) is 14.9. The van der Waals surface area contributed by atoms with E-state index in [0.29, 0.717) is 38.0 Å². The maximum Gasteiger partial charge on any atom is 0.257 e. The van der Waals surface area contributed by atoms with Crippen LogP contribution in [0.15, 0.2) is 42.7 Å². The van der Waals surface area contributed by atoms with Crippen LogP contribution in [0.3, 0.4) is 0 Å². The van der Waals surface area contributed by atoms with Crippen LogP contribution in [0.2, 0.25) is 0 Å². The zero-order valence-electron chi connectivity index (χ0n) is 14.1. The number of hydrogen-bond acceptors (Lipinski definition) is 3. The van der Waals surface area contributed by atoms with E-state index < -0.39 is 23.1 Å². The molecule has 2 heterocycles. The van der Waals surface area contributed by atoms with Gasteiger partial charge in [-0.3, -0.25) is 14.6 Å². The molecule has 26 heavy (non-hydrogen) atoms. The van der Waals surface area contributed by atoms with E-state index in [1.807, 2.05) is 0 Å². The number of pyridine rings is 1. The van der Waals surface area contributed by atoms with E-state index in [4.69, 9.17) is 0 Å². The van der Waals surface area contributed by atoms with E-state index in [2.05, 4.69) is 10.3 Å². The average molecular weight is 359 g/mol. The minimum atomic E-state index is -0.876. The molecule has 0 spiro atoms. The number of benzene rings is 1. The Morgan fingerprint density at radius 2 is 1.81 bits per heavy atom. The van der Waals surface area contributed by atoms with Crippen molar-refractivity contribution < 1.29 is 18.4 Å². The van der Waals surface area contributed by atoms with E-state index in [1.165, 1.54) is 12.3 Å². The molecule has 0 unspecified atom stereocenters. The highest BCUT2D eigenvalue weighted by molar-refractivity contribution is 5.95. The van der Waals surface area contributed by atoms with Crippen LogP contribution in [-0.4, -0.2) is 41.3 Å². The molecule has 2 amide bonds. The third-order valence-corrected chi connectivity index (χ3v) is 4.55. The zero-order valence-corrected chi connectivity index (χ0v) is 14.1. The molecular weight excluding hydrogens is 340 g/mol. The number of amides is 2. The van der Waals surface area contributed by atoms with Gasteiger partial charge in [-0.25, -0.2) is 8.78 Å². The summed E-state index contributed by atoms with van der Waals surface area (Å²) >= 11 is 0. The Morgan fingerprint density at radius 3 is 2.42 bits per heavy atom. The fourth-order valence-corrected chi connectivity index (χ4v) is 3.05. The highest BCUT2D eigenvalue weighted by Crippen LogP contribution is 2.19. The van der Waals surface area contributed by atoms with Gasteiger partial charge in [0.05, 0.1) is 5.56 Å². The summed E-state index contributed by atoms with van der Waals surface area (Å²) in [5.41, 5.74) is -0.00836. The highest BCUT2D eigenvalue weighted by Gasteiger charge is 2.25. The third-order valence-electron chi connectivity index (χ3n) is 4.55. The van der Waals surface area contributed by atoms with Crippen LogP contribution < -0.4 is 5.32 Å². The molecule has 1 aromatic carbocycles. The Bertz CT molecular complexity index is 770. The van der Waals surface area contributed by atoms with Gasteiger partial charge in [0.15, 0.2) is 0 Å². The Hall–Kier alpha value is -2.83. The van der Waals surface area contributed by atoms with E-state index in [1.54, 1.807) is 23.2 Å². The van der Waals surface area contributed by atoms with Gasteiger partial charge in [-0.2, -0.15) is 0 Å². The second kappa shape index (κ2) is 8.03. The molecule has 3 rings (SSSR count). The summed E-state index contributed by atoms with van der Waals surface area (Å²) in [6, 6.07) is 6.78. The number of aromatic nitrogens is 1. The topological polar surface area (TPSA) is 62.3 Å². The van der Waals surface area contributed by atoms with Crippen molar-refractivity contribution >= 4 is 11.8 Å². The van der Waals surface area contributed by atoms with Gasteiger partial charge in [0.25, 0.3) is 11.8 Å². The number of piperidine rings is 1. The molecule has 136 valence electrons. The third kappa shape index (κ3) is 4.04. The fourth-order valence-electron chi connectivity index (χ4n) is 3.05. The van der Waals surface area contributed by atoms with E-state index in [-0.39, 0.29) is 11.8 Å². The van der Waals surface area contributed by atoms with Crippen LogP contribution in [-0.2, 0) is 0 Å². The van der Waals surface area contributed by atoms with Crippen LogP contribution in [0.4, 0.5) is 8.78 Å². The Kier molecular flexibility index (Phi) is 5.55. The first kappa shape index (κ1) is 18.0. The van der Waals surface area contributed by atoms with Crippen LogP contribution in [0, 0.1) is 17.6 Å². The summed E-state index contributed by atoms with van der Waals surface area (Å²) in [5.74, 6) is -2.41. The Morgan fingerprint density at radius 1 is 1.12 bits per heavy atom. The minimum absolute atomic E-state index is 0.0611. The van der Waals surface area contributed by atoms with Crippen LogP contribution in [0.5, 0.6) is 0 Å². The number of carbonyl (C=O) groups excluding carboxylic acids is 2. The van der Waals surface area contributed by atoms with Crippen molar-refractivity contribution in [3.8, 4) is 0 Å². The van der Waals surface area contributed by atoms with Gasteiger partial charge in [-0.1, -0.05) is 6.07 Å². The summed E-state index contributed by atoms with van der Waals surface area (Å²) in [7, 11) is 0. The standard InChI is InChI=1S/C19H19F2N3O2/c20-15-4-1-5-16(21)17(15)18(25)23-11-13-6-9-24(10-7-13)19(26)14-3-2-8-22-12-14/h1-5,8,12-13H,6-7,9-11H2,(H,23,25). The second-order valence-corrected chi connectivity index (χ2v) is 6.28. The van der Waals surface area contributed by atoms with E-state index >= 15 is 0 Å². The molecule has 1 N–H and O–H groups in total. The van der Waals surface area contributed by atoms with Crippen molar-refractivity contribution in [1.29, 1.82) is 0 Å². The number of hydrogen-bond donors (Lipinski definition) is 1. The smallest absolute Gasteiger partial charge is 0.257 e. The van der Waals surface area contributed by atoms with E-state index in [0.717, 1.165) is 12.1 Å². The Balaban J connectivity index is 1.50. The summed E-state index contributed by atoms with van der Waals surface area (Å²) in [6.07, 6.45) is 4.58. The maximum absolute atomic E-state index is 13.6. The molecular formula is C19H19F2N3O2. The highest BCUT2D eigenvalue weighted by atomic mass is 19.1. The second-order valence-electron chi connectivity index (χ2n) is 6.28. The molecule has 0 aliphatic carbocycles. The minimum Gasteiger partial charge on any atom is -0.352 e. The van der Waals surface area contributed by atoms with Crippen molar-refractivity contribution in [3.05, 3.63) is 65.5 Å². The van der Waals surface area contributed by atoms with Gasteiger partial charge < -0.3 is 10.2 Å². The molecule has 1 saturated heterocycles. The lowest BCUT2D eigenvalue weighted by Gasteiger charge is -2.32. The maximum atomic E-state index is 13.6. The van der Waals surface area contributed by atoms with E-state index in [9.17, 15) is 18.4 Å². The van der Waals surface area contributed by atoms with Crippen molar-refractivity contribution in [1.82, 2.24) is 15.2 Å². The number of rotatable bonds is 4. The van der Waals surface area contributed by atoms with Gasteiger partial charge in [0.2, 0.25) is 0 Å². The number of halogens is 2. The van der Waals surface area contributed by atoms with Crippen molar-refractivity contribution in [2.24, 2.45) is 5.92 Å². The van der Waals surface area contributed by atoms with Gasteiger partial charge in [-0.15, -0.1) is 0 Å². The molecule has 0 radical (unpaired) electrons. The van der Waals surface area contributed by atoms with Crippen LogP contribution in [0.25, 0.3) is 0 Å². The monoisotopic (exact) mass is 359 g/mol. The zero-order chi connectivity index (χ0) is 18.5. The molecule has 2 aromatic rings. The lowest BCUT2D eigenvalue weighted by Crippen LogP contribution is -2.41. The first-order valence-electron chi connectivity index (χ1n) is 8.48. The lowest BCUT2D eigenvalue weighted by atomic mass is 9.96. The summed E-state index contributed by atoms with van der Waals surface area (Å²) in [5, 5.41) is 2.59. The number of carbonyl (C=O) groups is 2. The van der Waals surface area contributed by atoms with Crippen molar-refractivity contribution in [2.75, 3.05) is 19.6 Å². The molecule has 1 aliphatic heterocycles. The van der Waals surface area contributed by atoms with Gasteiger partial charge >= 0.3 is 0 Å². The first-order chi connectivity index (χ1) is 12.6. The SMILES string of the molecule is O=C(NCC1CCN(C(=O)c2cccnc2)CC1)c1c(F)cccc1F. The molecule has 1 aliphatic rings. The molecule has 5 nitrogen and oxygen atoms in total. The summed E-state index contributed by atoms with van der Waals surface area (Å²) in [6.45, 7) is 1.46. The number of nitrogens with zero attached hydrogens (tertiary/aromatic N) is 2. The molecule has 1 fully saturated rings. The summed E-state index contributed by atoms with van der Waals surface area (Å²) < 4.78 is 27.2. The van der Waals surface area contributed by atoms with Crippen molar-refractivity contribution in [3.63, 3.8) is 0 Å². The molecule has 1 aromatic heterocycles. The largest absolute Gasteiger partial charge is 0.352 e. The average Bonchev–Trinajstić information content (AvgIpc) is 2.67. The van der Waals surface area contributed by atoms with Crippen LogP contribution in [0.1, 0.15) is 33.6 Å². The molecule has 0 atom stereocenters. The van der Waals surface area contributed by atoms with Crippen LogP contribution >= 0.6 is 0 Å². The predicted molar refractivity (Wildman–Crippen MR) is 91.6 cm³/mol. The van der Waals surface area contributed by atoms with Gasteiger partial charge in [-0.05, 0) is 43.0 Å². The first-order valence-corrected chi connectivity index (χ1v) is 8.48. The molecule has 0 saturated carbocycles. The molecule has 7 heteroatoms. The quantitative estimate of drug-likeness (QED) is 0.913. The predicted octanol–water partition coefficient (Wildman–Crippen LogP) is 2.64. The number of likely N-dealkylation sites (tertiary alicyclic amines) is 1. The fraction of sp³-hybridized carbons (Fsp3) is 0.316. The summed E-state index contributed by atoms with van der Waals surface area (Å²) in [4.78, 5) is 30.1. The lowest BCUT2D eigenvalue weighted by molar-refractivity contribution is 0.0683. The van der Waals surface area contributed by atoms with Gasteiger partial charge in [0, 0.05) is 32.0 Å².